The lowest BCUT2D eigenvalue weighted by Crippen LogP contribution is -2.50. The Morgan fingerprint density at radius 3 is 1.74 bits per heavy atom. The molecule has 0 aromatic carbocycles. The van der Waals surface area contributed by atoms with Crippen molar-refractivity contribution >= 4 is 18.3 Å². The summed E-state index contributed by atoms with van der Waals surface area (Å²) in [7, 11) is -4.75. The zero-order chi connectivity index (χ0) is 18.4. The van der Waals surface area contributed by atoms with Gasteiger partial charge < -0.3 is 0 Å². The first kappa shape index (κ1) is 20.9. The maximum atomic E-state index is 13.3. The maximum Gasteiger partial charge on any atom is 0.283 e. The van der Waals surface area contributed by atoms with Crippen LogP contribution in [-0.2, 0) is 10.2 Å². The minimum atomic E-state index is -3.51. The van der Waals surface area contributed by atoms with E-state index in [1.165, 1.54) is 0 Å². The van der Waals surface area contributed by atoms with Crippen molar-refractivity contribution in [1.82, 2.24) is 8.61 Å². The van der Waals surface area contributed by atoms with Crippen LogP contribution >= 0.6 is 0 Å². The second-order valence-corrected chi connectivity index (χ2v) is 17.1. The molecule has 0 N–H and O–H groups in total. The molecule has 136 valence electrons. The summed E-state index contributed by atoms with van der Waals surface area (Å²) in [6.07, 6.45) is 2.72. The lowest BCUT2D eigenvalue weighted by atomic mass is 9.97. The Morgan fingerprint density at radius 2 is 1.43 bits per heavy atom. The number of hydrogen-bond acceptors (Lipinski definition) is 2. The predicted molar refractivity (Wildman–Crippen MR) is 103 cm³/mol. The molecule has 2 atom stereocenters. The summed E-state index contributed by atoms with van der Waals surface area (Å²) in [5, 5.41) is 0. The Bertz CT molecular complexity index is 538. The first-order valence-electron chi connectivity index (χ1n) is 8.50. The van der Waals surface area contributed by atoms with Crippen molar-refractivity contribution in [3.05, 3.63) is 12.7 Å². The minimum absolute atomic E-state index is 0.0385. The van der Waals surface area contributed by atoms with Crippen LogP contribution in [0.2, 0.25) is 25.7 Å². The summed E-state index contributed by atoms with van der Waals surface area (Å²) in [6.45, 7) is 22.8. The van der Waals surface area contributed by atoms with E-state index in [9.17, 15) is 8.42 Å². The van der Waals surface area contributed by atoms with E-state index in [2.05, 4.69) is 26.2 Å². The van der Waals surface area contributed by atoms with E-state index in [4.69, 9.17) is 0 Å². The van der Waals surface area contributed by atoms with Crippen LogP contribution in [0, 0.1) is 0 Å². The van der Waals surface area contributed by atoms with Crippen LogP contribution in [0.4, 0.5) is 0 Å². The van der Waals surface area contributed by atoms with Crippen LogP contribution in [0.5, 0.6) is 0 Å². The molecule has 0 spiro atoms. The van der Waals surface area contributed by atoms with Gasteiger partial charge in [0.05, 0.1) is 6.04 Å². The van der Waals surface area contributed by atoms with Gasteiger partial charge in [0.25, 0.3) is 10.2 Å². The summed E-state index contributed by atoms with van der Waals surface area (Å²) >= 11 is 0. The Morgan fingerprint density at radius 1 is 1.00 bits per heavy atom. The molecule has 23 heavy (non-hydrogen) atoms. The second kappa shape index (κ2) is 6.28. The van der Waals surface area contributed by atoms with Crippen molar-refractivity contribution in [3.63, 3.8) is 0 Å². The fourth-order valence-corrected chi connectivity index (χ4v) is 7.32. The predicted octanol–water partition coefficient (Wildman–Crippen LogP) is 4.10. The van der Waals surface area contributed by atoms with Crippen molar-refractivity contribution < 1.29 is 8.42 Å². The summed E-state index contributed by atoms with van der Waals surface area (Å²) < 4.78 is 30.0. The lowest BCUT2D eigenvalue weighted by molar-refractivity contribution is 0.172. The van der Waals surface area contributed by atoms with Gasteiger partial charge in [-0.15, -0.1) is 6.58 Å². The third kappa shape index (κ3) is 4.47. The number of rotatable bonds is 4. The summed E-state index contributed by atoms with van der Waals surface area (Å²) in [5.41, 5.74) is -0.903. The normalized spacial score (nSPS) is 27.3. The maximum absolute atomic E-state index is 13.3. The van der Waals surface area contributed by atoms with Crippen LogP contribution in [0.1, 0.15) is 48.0 Å². The van der Waals surface area contributed by atoms with Crippen LogP contribution < -0.4 is 0 Å². The largest absolute Gasteiger partial charge is 0.283 e. The average Bonchev–Trinajstić information content (AvgIpc) is 2.50. The first-order valence-corrected chi connectivity index (χ1v) is 13.6. The molecule has 0 saturated carbocycles. The molecule has 1 aliphatic heterocycles. The molecule has 0 amide bonds. The van der Waals surface area contributed by atoms with E-state index in [1.807, 2.05) is 47.6 Å². The Kier molecular flexibility index (Phi) is 5.70. The first-order chi connectivity index (χ1) is 10.0. The third-order valence-electron chi connectivity index (χ3n) is 4.22. The van der Waals surface area contributed by atoms with Gasteiger partial charge in [0.15, 0.2) is 0 Å². The van der Waals surface area contributed by atoms with E-state index in [-0.39, 0.29) is 12.1 Å². The van der Waals surface area contributed by atoms with Gasteiger partial charge in [-0.2, -0.15) is 17.0 Å². The molecule has 1 saturated heterocycles. The van der Waals surface area contributed by atoms with Crippen LogP contribution in [0.3, 0.4) is 0 Å². The lowest BCUT2D eigenvalue weighted by Gasteiger charge is -2.36. The summed E-state index contributed by atoms with van der Waals surface area (Å²) in [6, 6.07) is 0.904. The van der Waals surface area contributed by atoms with Gasteiger partial charge in [-0.25, -0.2) is 0 Å². The second-order valence-electron chi connectivity index (χ2n) is 9.83. The fraction of sp³-hybridized carbons (Fsp3) is 0.882. The van der Waals surface area contributed by atoms with E-state index in [1.54, 1.807) is 8.61 Å². The molecule has 1 rings (SSSR count). The van der Waals surface area contributed by atoms with Crippen LogP contribution in [-0.4, -0.2) is 48.3 Å². The Labute approximate surface area is 145 Å². The van der Waals surface area contributed by atoms with Gasteiger partial charge >= 0.3 is 0 Å². The van der Waals surface area contributed by atoms with Gasteiger partial charge in [0.1, 0.15) is 0 Å². The molecule has 0 bridgehead atoms. The van der Waals surface area contributed by atoms with Crippen molar-refractivity contribution in [2.75, 3.05) is 0 Å². The van der Waals surface area contributed by atoms with E-state index >= 15 is 0 Å². The molecule has 1 aliphatic rings. The highest BCUT2D eigenvalue weighted by molar-refractivity contribution is 7.87. The summed E-state index contributed by atoms with van der Waals surface area (Å²) in [4.78, 5) is 0. The van der Waals surface area contributed by atoms with E-state index in [0.717, 1.165) is 12.5 Å². The van der Waals surface area contributed by atoms with Gasteiger partial charge in [-0.05, 0) is 48.0 Å². The van der Waals surface area contributed by atoms with Crippen molar-refractivity contribution in [2.45, 2.75) is 96.8 Å². The molecule has 1 fully saturated rings. The third-order valence-corrected chi connectivity index (χ3v) is 8.61. The average molecular weight is 361 g/mol. The Balaban J connectivity index is 3.41. The highest BCUT2D eigenvalue weighted by Gasteiger charge is 2.56. The van der Waals surface area contributed by atoms with Crippen LogP contribution in [0.25, 0.3) is 0 Å². The zero-order valence-electron chi connectivity index (χ0n) is 16.5. The molecule has 1 heterocycles. The topological polar surface area (TPSA) is 40.6 Å². The molecule has 0 aromatic rings. The quantitative estimate of drug-likeness (QED) is 0.559. The smallest absolute Gasteiger partial charge is 0.195 e. The van der Waals surface area contributed by atoms with Crippen LogP contribution in [0.15, 0.2) is 12.7 Å². The van der Waals surface area contributed by atoms with Gasteiger partial charge in [-0.1, -0.05) is 31.8 Å². The SMILES string of the molecule is C=C[C@@H]1[C@@H](CC[Si](C)(C)C)N(C(C)(C)C)S(=O)(=O)N1C(C)(C)C. The molecule has 0 aromatic heterocycles. The van der Waals surface area contributed by atoms with Gasteiger partial charge in [0.2, 0.25) is 0 Å². The monoisotopic (exact) mass is 360 g/mol. The highest BCUT2D eigenvalue weighted by atomic mass is 32.2. The fourth-order valence-electron chi connectivity index (χ4n) is 3.47. The standard InChI is InChI=1S/C17H36N2O2SSi/c1-11-14-15(12-13-23(8,9)10)19(17(5,6)7)22(20,21)18(14)16(2,3)4/h11,14-15H,1,12-13H2,2-10H3/t14-,15-/m1/s1. The molecule has 4 nitrogen and oxygen atoms in total. The summed E-state index contributed by atoms with van der Waals surface area (Å²) in [5.74, 6) is 0. The van der Waals surface area contributed by atoms with Crippen molar-refractivity contribution in [1.29, 1.82) is 0 Å². The van der Waals surface area contributed by atoms with Gasteiger partial charge in [0, 0.05) is 25.2 Å². The highest BCUT2D eigenvalue weighted by Crippen LogP contribution is 2.42. The zero-order valence-corrected chi connectivity index (χ0v) is 18.3. The molecule has 0 radical (unpaired) electrons. The van der Waals surface area contributed by atoms with E-state index in [0.29, 0.717) is 0 Å². The molecule has 0 unspecified atom stereocenters. The van der Waals surface area contributed by atoms with Crippen molar-refractivity contribution in [2.24, 2.45) is 0 Å². The minimum Gasteiger partial charge on any atom is -0.195 e. The molecular formula is C17H36N2O2SSi. The molecule has 0 aliphatic carbocycles. The van der Waals surface area contributed by atoms with Crippen molar-refractivity contribution in [3.8, 4) is 0 Å². The number of hydrogen-bond donors (Lipinski definition) is 0. The molecular weight excluding hydrogens is 324 g/mol. The Hall–Kier alpha value is -0.173. The van der Waals surface area contributed by atoms with Gasteiger partial charge in [-0.3, -0.25) is 0 Å². The number of nitrogens with zero attached hydrogens (tertiary/aromatic N) is 2. The molecule has 6 heteroatoms. The van der Waals surface area contributed by atoms with E-state index < -0.39 is 29.4 Å².